The molecule has 0 saturated carbocycles. The minimum Gasteiger partial charge on any atom is -0.456 e. The topological polar surface area (TPSA) is 9.23 Å². The number of hydrogen-bond donors (Lipinski definition) is 0. The van der Waals surface area contributed by atoms with Crippen molar-refractivity contribution in [2.45, 2.75) is 0 Å². The molecule has 6 rings (SSSR count). The lowest BCUT2D eigenvalue weighted by molar-refractivity contribution is 0.488. The molecule has 5 aromatic rings. The summed E-state index contributed by atoms with van der Waals surface area (Å²) in [5, 5.41) is 3.55. The van der Waals surface area contributed by atoms with Gasteiger partial charge in [0.15, 0.2) is 0 Å². The summed E-state index contributed by atoms with van der Waals surface area (Å²) in [7, 11) is 0. The van der Waals surface area contributed by atoms with E-state index in [-0.39, 0.29) is 0 Å². The van der Waals surface area contributed by atoms with Crippen LogP contribution in [0.1, 0.15) is 0 Å². The Kier molecular flexibility index (Phi) is 4.99. The average molecular weight is 461 g/mol. The van der Waals surface area contributed by atoms with Gasteiger partial charge in [0.25, 0.3) is 0 Å². The van der Waals surface area contributed by atoms with Gasteiger partial charge in [-0.05, 0) is 51.3 Å². The number of rotatable bonds is 3. The first kappa shape index (κ1) is 20.2. The number of hydrogen-bond acceptors (Lipinski definition) is 2. The van der Waals surface area contributed by atoms with Crippen LogP contribution in [0.2, 0.25) is 0 Å². The van der Waals surface area contributed by atoms with Gasteiger partial charge in [0.2, 0.25) is 0 Å². The molecule has 3 heteroatoms. The highest BCUT2D eigenvalue weighted by atomic mass is 32.4. The first-order valence-corrected chi connectivity index (χ1v) is 13.8. The van der Waals surface area contributed by atoms with Crippen LogP contribution in [0.15, 0.2) is 127 Å². The maximum atomic E-state index is 6.58. The highest BCUT2D eigenvalue weighted by Gasteiger charge is 2.27. The van der Waals surface area contributed by atoms with Gasteiger partial charge < -0.3 is 4.74 Å². The van der Waals surface area contributed by atoms with E-state index in [0.717, 1.165) is 27.9 Å². The van der Waals surface area contributed by atoms with E-state index in [4.69, 9.17) is 16.5 Å². The standard InChI is InChI=1S/C30H21OPS/c33-32(22-11-3-1-4-12-22,23-13-5-2-6-14-23)24-19-20-30-28(21-24)26-16-8-7-15-25(26)27-17-9-10-18-29(27)31-30/h1-21H. The number of ether oxygens (including phenoxy) is 1. The number of fused-ring (bicyclic) bond motifs is 5. The van der Waals surface area contributed by atoms with Gasteiger partial charge in [-0.3, -0.25) is 0 Å². The molecule has 1 nitrogen and oxygen atoms in total. The summed E-state index contributed by atoms with van der Waals surface area (Å²) >= 11 is 6.58. The molecular weight excluding hydrogens is 439 g/mol. The zero-order chi connectivity index (χ0) is 22.3. The zero-order valence-corrected chi connectivity index (χ0v) is 19.6. The Morgan fingerprint density at radius 1 is 0.424 bits per heavy atom. The van der Waals surface area contributed by atoms with Crippen molar-refractivity contribution < 1.29 is 4.74 Å². The van der Waals surface area contributed by atoms with Gasteiger partial charge in [0, 0.05) is 17.2 Å². The van der Waals surface area contributed by atoms with E-state index in [1.54, 1.807) is 0 Å². The highest BCUT2D eigenvalue weighted by Crippen LogP contribution is 2.49. The SMILES string of the molecule is S=P(c1ccccc1)(c1ccccc1)c1ccc2c(c1)-c1ccccc1-c1ccccc1O2. The summed E-state index contributed by atoms with van der Waals surface area (Å²) < 4.78 is 6.44. The lowest BCUT2D eigenvalue weighted by Crippen LogP contribution is -2.24. The molecular formula is C30H21OPS. The van der Waals surface area contributed by atoms with Gasteiger partial charge in [-0.15, -0.1) is 0 Å². The van der Waals surface area contributed by atoms with Crippen LogP contribution in [-0.2, 0) is 11.8 Å². The van der Waals surface area contributed by atoms with Gasteiger partial charge in [-0.1, -0.05) is 115 Å². The Morgan fingerprint density at radius 2 is 0.909 bits per heavy atom. The molecule has 1 heterocycles. The van der Waals surface area contributed by atoms with Gasteiger partial charge in [-0.25, -0.2) is 0 Å². The summed E-state index contributed by atoms with van der Waals surface area (Å²) in [6, 6.07) is 42.1. The van der Waals surface area contributed by atoms with Crippen molar-refractivity contribution in [3.8, 4) is 33.8 Å². The summed E-state index contributed by atoms with van der Waals surface area (Å²) in [4.78, 5) is 0. The molecule has 33 heavy (non-hydrogen) atoms. The van der Waals surface area contributed by atoms with Crippen molar-refractivity contribution in [3.05, 3.63) is 127 Å². The molecule has 0 fully saturated rings. The van der Waals surface area contributed by atoms with Crippen molar-refractivity contribution in [3.63, 3.8) is 0 Å². The quantitative estimate of drug-likeness (QED) is 0.266. The molecule has 0 N–H and O–H groups in total. The fourth-order valence-corrected chi connectivity index (χ4v) is 8.33. The molecule has 1 aliphatic heterocycles. The fraction of sp³-hybridized carbons (Fsp3) is 0. The van der Waals surface area contributed by atoms with E-state index in [2.05, 4.69) is 103 Å². The minimum atomic E-state index is -2.24. The molecule has 0 saturated heterocycles. The summed E-state index contributed by atoms with van der Waals surface area (Å²) in [6.45, 7) is 0. The molecule has 0 bridgehead atoms. The van der Waals surface area contributed by atoms with Crippen LogP contribution in [0.5, 0.6) is 11.5 Å². The van der Waals surface area contributed by atoms with Crippen molar-refractivity contribution in [2.24, 2.45) is 0 Å². The lowest BCUT2D eigenvalue weighted by Gasteiger charge is -2.25. The molecule has 0 amide bonds. The Labute approximate surface area is 199 Å². The van der Waals surface area contributed by atoms with Gasteiger partial charge in [0.1, 0.15) is 11.5 Å². The predicted molar refractivity (Wildman–Crippen MR) is 143 cm³/mol. The van der Waals surface area contributed by atoms with Crippen molar-refractivity contribution in [1.82, 2.24) is 0 Å². The number of benzene rings is 5. The first-order valence-electron chi connectivity index (χ1n) is 11.0. The van der Waals surface area contributed by atoms with Crippen LogP contribution < -0.4 is 20.7 Å². The van der Waals surface area contributed by atoms with E-state index in [1.165, 1.54) is 21.7 Å². The van der Waals surface area contributed by atoms with E-state index < -0.39 is 6.04 Å². The van der Waals surface area contributed by atoms with Gasteiger partial charge in [-0.2, -0.15) is 0 Å². The maximum absolute atomic E-state index is 6.58. The summed E-state index contributed by atoms with van der Waals surface area (Å²) in [5.74, 6) is 1.74. The Balaban J connectivity index is 1.62. The molecule has 0 aliphatic carbocycles. The molecule has 0 radical (unpaired) electrons. The normalized spacial score (nSPS) is 12.0. The van der Waals surface area contributed by atoms with Crippen molar-refractivity contribution in [2.75, 3.05) is 0 Å². The zero-order valence-electron chi connectivity index (χ0n) is 17.9. The second kappa shape index (κ2) is 8.15. The Hall–Kier alpha value is -3.45. The van der Waals surface area contributed by atoms with Crippen LogP contribution in [0.3, 0.4) is 0 Å². The lowest BCUT2D eigenvalue weighted by atomic mass is 9.95. The molecule has 0 unspecified atom stereocenters. The van der Waals surface area contributed by atoms with E-state index >= 15 is 0 Å². The predicted octanol–water partition coefficient (Wildman–Crippen LogP) is 6.88. The van der Waals surface area contributed by atoms with Crippen LogP contribution in [0, 0.1) is 0 Å². The maximum Gasteiger partial charge on any atom is 0.135 e. The second-order valence-electron chi connectivity index (χ2n) is 8.10. The third-order valence-corrected chi connectivity index (χ3v) is 11.1. The monoisotopic (exact) mass is 460 g/mol. The van der Waals surface area contributed by atoms with E-state index in [9.17, 15) is 0 Å². The molecule has 0 aromatic heterocycles. The molecule has 0 atom stereocenters. The Morgan fingerprint density at radius 3 is 1.55 bits per heavy atom. The third kappa shape index (κ3) is 3.35. The van der Waals surface area contributed by atoms with Crippen LogP contribution in [0.4, 0.5) is 0 Å². The van der Waals surface area contributed by atoms with E-state index in [1.807, 2.05) is 24.3 Å². The van der Waals surface area contributed by atoms with Crippen LogP contribution in [-0.4, -0.2) is 0 Å². The van der Waals surface area contributed by atoms with Crippen molar-refractivity contribution >= 4 is 33.8 Å². The molecule has 158 valence electrons. The van der Waals surface area contributed by atoms with Crippen molar-refractivity contribution in [1.29, 1.82) is 0 Å². The van der Waals surface area contributed by atoms with Crippen LogP contribution >= 0.6 is 6.04 Å². The third-order valence-electron chi connectivity index (χ3n) is 6.18. The molecule has 0 spiro atoms. The minimum absolute atomic E-state index is 0.860. The van der Waals surface area contributed by atoms with Gasteiger partial charge >= 0.3 is 0 Å². The second-order valence-corrected chi connectivity index (χ2v) is 12.5. The highest BCUT2D eigenvalue weighted by molar-refractivity contribution is 8.25. The van der Waals surface area contributed by atoms with Gasteiger partial charge in [0.05, 0.1) is 0 Å². The summed E-state index contributed by atoms with van der Waals surface area (Å²) in [5.41, 5.74) is 4.54. The molecule has 5 aromatic carbocycles. The first-order chi connectivity index (χ1) is 16.2. The van der Waals surface area contributed by atoms with Crippen LogP contribution in [0.25, 0.3) is 22.3 Å². The number of para-hydroxylation sites is 1. The van der Waals surface area contributed by atoms with E-state index in [0.29, 0.717) is 0 Å². The smallest absolute Gasteiger partial charge is 0.135 e. The largest absolute Gasteiger partial charge is 0.456 e. The fourth-order valence-electron chi connectivity index (χ4n) is 4.59. The Bertz CT molecular complexity index is 1470. The summed E-state index contributed by atoms with van der Waals surface area (Å²) in [6.07, 6.45) is 0. The molecule has 1 aliphatic rings. The average Bonchev–Trinajstić information content (AvgIpc) is 3.03.